The third-order valence-corrected chi connectivity index (χ3v) is 4.86. The normalized spacial score (nSPS) is 11.4. The summed E-state index contributed by atoms with van der Waals surface area (Å²) in [6, 6.07) is 0. The highest BCUT2D eigenvalue weighted by Crippen LogP contribution is 2.13. The van der Waals surface area contributed by atoms with Gasteiger partial charge in [0.2, 0.25) is 0 Å². The molecule has 0 aliphatic heterocycles. The van der Waals surface area contributed by atoms with Crippen LogP contribution in [0.3, 0.4) is 0 Å². The second-order valence-corrected chi connectivity index (χ2v) is 6.33. The van der Waals surface area contributed by atoms with E-state index in [2.05, 4.69) is 0 Å². The maximum Gasteiger partial charge on any atom is 0.165 e. The highest BCUT2D eigenvalue weighted by Gasteiger charge is 1.97. The summed E-state index contributed by atoms with van der Waals surface area (Å²) in [6.45, 7) is 4.08. The number of thiazole rings is 2. The van der Waals surface area contributed by atoms with Crippen LogP contribution in [0.2, 0.25) is 0 Å². The molecular weight excluding hydrogens is 276 g/mol. The lowest BCUT2D eigenvalue weighted by Gasteiger charge is -1.99. The summed E-state index contributed by atoms with van der Waals surface area (Å²) in [5, 5.41) is 4.10. The van der Waals surface area contributed by atoms with E-state index in [0.717, 1.165) is 19.3 Å². The number of nitrogens with zero attached hydrogens (tertiary/aromatic N) is 2. The Morgan fingerprint density at radius 1 is 0.938 bits per heavy atom. The summed E-state index contributed by atoms with van der Waals surface area (Å²) in [5.74, 6) is 0. The van der Waals surface area contributed by atoms with Crippen molar-refractivity contribution in [3.05, 3.63) is 30.1 Å². The molecule has 84 valence electrons. The number of hydrogen-bond acceptors (Lipinski definition) is 4. The molecule has 2 aromatic heterocycles. The van der Waals surface area contributed by atoms with Crippen LogP contribution in [-0.4, -0.2) is 9.13 Å². The van der Waals surface area contributed by atoms with Gasteiger partial charge >= 0.3 is 0 Å². The lowest BCUT2D eigenvalue weighted by atomic mass is 10.5. The van der Waals surface area contributed by atoms with Gasteiger partial charge in [-0.3, -0.25) is 0 Å². The highest BCUT2D eigenvalue weighted by atomic mass is 32.2. The minimum absolute atomic E-state index is 0.855. The van der Waals surface area contributed by atoms with Crippen molar-refractivity contribution in [2.45, 2.75) is 13.8 Å². The van der Waals surface area contributed by atoms with E-state index in [1.54, 1.807) is 22.7 Å². The molecule has 0 bridgehead atoms. The van der Waals surface area contributed by atoms with Crippen LogP contribution in [0.1, 0.15) is 11.4 Å². The Kier molecular flexibility index (Phi) is 3.53. The monoisotopic (exact) mass is 286 g/mol. The first-order chi connectivity index (χ1) is 7.59. The summed E-state index contributed by atoms with van der Waals surface area (Å²) >= 11 is 13.6. The molecule has 0 spiro atoms. The molecule has 0 fully saturated rings. The fourth-order valence-electron chi connectivity index (χ4n) is 1.28. The summed E-state index contributed by atoms with van der Waals surface area (Å²) in [4.78, 5) is 0. The molecule has 0 N–H and O–H groups in total. The number of rotatable bonds is 2. The van der Waals surface area contributed by atoms with Crippen LogP contribution in [0.5, 0.6) is 0 Å². The summed E-state index contributed by atoms with van der Waals surface area (Å²) < 4.78 is 5.68. The van der Waals surface area contributed by atoms with E-state index < -0.39 is 0 Å². The Morgan fingerprint density at radius 2 is 1.31 bits per heavy atom. The fraction of sp³-hybridized carbons (Fsp3) is 0.200. The average Bonchev–Trinajstić information content (AvgIpc) is 2.72. The van der Waals surface area contributed by atoms with Crippen molar-refractivity contribution in [1.82, 2.24) is 9.13 Å². The maximum absolute atomic E-state index is 5.23. The van der Waals surface area contributed by atoms with Gasteiger partial charge in [0.25, 0.3) is 0 Å². The predicted molar refractivity (Wildman–Crippen MR) is 77.3 cm³/mol. The van der Waals surface area contributed by atoms with Gasteiger partial charge in [-0.2, -0.15) is 0 Å². The van der Waals surface area contributed by atoms with Crippen molar-refractivity contribution >= 4 is 59.5 Å². The lowest BCUT2D eigenvalue weighted by molar-refractivity contribution is 1.04. The number of aryl methyl sites for hydroxylation is 2. The Labute approximate surface area is 112 Å². The molecule has 2 rings (SSSR count). The standard InChI is InChI=1S/C10H10N2S4/c1-7-5-15-9(13)11(7)3-4-12-8(2)6-16-10(12)14/h3-6H,1-2H3. The SMILES string of the molecule is Cc1csc(=S)n1C=Cn1c(C)csc1=S. The van der Waals surface area contributed by atoms with Crippen molar-refractivity contribution in [2.24, 2.45) is 0 Å². The van der Waals surface area contributed by atoms with Crippen LogP contribution in [0.15, 0.2) is 10.8 Å². The molecule has 0 unspecified atom stereocenters. The van der Waals surface area contributed by atoms with Crippen molar-refractivity contribution < 1.29 is 0 Å². The van der Waals surface area contributed by atoms with Gasteiger partial charge in [-0.1, -0.05) is 0 Å². The Balaban J connectivity index is 2.43. The zero-order valence-corrected chi connectivity index (χ0v) is 12.1. The van der Waals surface area contributed by atoms with E-state index in [9.17, 15) is 0 Å². The minimum Gasteiger partial charge on any atom is -0.302 e. The molecule has 2 aromatic rings. The van der Waals surface area contributed by atoms with Gasteiger partial charge in [0, 0.05) is 34.5 Å². The van der Waals surface area contributed by atoms with E-state index in [4.69, 9.17) is 24.4 Å². The predicted octanol–water partition coefficient (Wildman–Crippen LogP) is 4.57. The molecule has 0 atom stereocenters. The third kappa shape index (κ3) is 2.24. The van der Waals surface area contributed by atoms with Crippen LogP contribution in [-0.2, 0) is 0 Å². The smallest absolute Gasteiger partial charge is 0.165 e. The van der Waals surface area contributed by atoms with Gasteiger partial charge in [-0.25, -0.2) is 0 Å². The van der Waals surface area contributed by atoms with E-state index in [0.29, 0.717) is 0 Å². The second kappa shape index (κ2) is 4.75. The fourth-order valence-corrected chi connectivity index (χ4v) is 3.38. The van der Waals surface area contributed by atoms with Crippen LogP contribution in [0.4, 0.5) is 0 Å². The molecular formula is C10H10N2S4. The summed E-state index contributed by atoms with van der Waals surface area (Å²) in [7, 11) is 0. The molecule has 0 amide bonds. The van der Waals surface area contributed by atoms with Gasteiger partial charge in [0.1, 0.15) is 0 Å². The third-order valence-electron chi connectivity index (χ3n) is 2.18. The molecule has 0 aliphatic carbocycles. The molecule has 0 saturated carbocycles. The molecule has 0 aliphatic rings. The van der Waals surface area contributed by atoms with Gasteiger partial charge in [0.05, 0.1) is 0 Å². The van der Waals surface area contributed by atoms with E-state index in [1.807, 2.05) is 46.1 Å². The van der Waals surface area contributed by atoms with E-state index >= 15 is 0 Å². The Hall–Kier alpha value is -0.560. The van der Waals surface area contributed by atoms with Crippen molar-refractivity contribution in [3.8, 4) is 0 Å². The minimum atomic E-state index is 0.855. The van der Waals surface area contributed by atoms with Gasteiger partial charge < -0.3 is 9.13 Å². The largest absolute Gasteiger partial charge is 0.302 e. The zero-order chi connectivity index (χ0) is 11.7. The molecule has 2 nitrogen and oxygen atoms in total. The van der Waals surface area contributed by atoms with Crippen molar-refractivity contribution in [1.29, 1.82) is 0 Å². The van der Waals surface area contributed by atoms with Crippen LogP contribution in [0, 0.1) is 21.8 Å². The molecule has 0 saturated heterocycles. The molecule has 0 radical (unpaired) electrons. The zero-order valence-electron chi connectivity index (χ0n) is 8.84. The molecule has 2 heterocycles. The topological polar surface area (TPSA) is 9.86 Å². The molecule has 0 aromatic carbocycles. The molecule has 16 heavy (non-hydrogen) atoms. The lowest BCUT2D eigenvalue weighted by Crippen LogP contribution is -1.92. The van der Waals surface area contributed by atoms with Crippen LogP contribution in [0.25, 0.3) is 12.4 Å². The first-order valence-corrected chi connectivity index (χ1v) is 7.19. The maximum atomic E-state index is 5.23. The second-order valence-electron chi connectivity index (χ2n) is 3.32. The van der Waals surface area contributed by atoms with Gasteiger partial charge in [0.15, 0.2) is 7.91 Å². The summed E-state index contributed by atoms with van der Waals surface area (Å²) in [5.41, 5.74) is 2.29. The first-order valence-electron chi connectivity index (χ1n) is 4.61. The Bertz CT molecular complexity index is 582. The van der Waals surface area contributed by atoms with Crippen LogP contribution < -0.4 is 0 Å². The van der Waals surface area contributed by atoms with Crippen molar-refractivity contribution in [3.63, 3.8) is 0 Å². The highest BCUT2D eigenvalue weighted by molar-refractivity contribution is 7.73. The van der Waals surface area contributed by atoms with Crippen LogP contribution >= 0.6 is 47.1 Å². The first kappa shape index (κ1) is 11.9. The summed E-state index contributed by atoms with van der Waals surface area (Å²) in [6.07, 6.45) is 3.92. The van der Waals surface area contributed by atoms with E-state index in [1.165, 1.54) is 0 Å². The average molecular weight is 286 g/mol. The molecule has 6 heteroatoms. The Morgan fingerprint density at radius 3 is 1.56 bits per heavy atom. The van der Waals surface area contributed by atoms with Gasteiger partial charge in [-0.15, -0.1) is 22.7 Å². The van der Waals surface area contributed by atoms with Crippen molar-refractivity contribution in [2.75, 3.05) is 0 Å². The number of aromatic nitrogens is 2. The van der Waals surface area contributed by atoms with Gasteiger partial charge in [-0.05, 0) is 38.3 Å². The quantitative estimate of drug-likeness (QED) is 0.748. The number of hydrogen-bond donors (Lipinski definition) is 0. The van der Waals surface area contributed by atoms with E-state index in [-0.39, 0.29) is 0 Å².